The summed E-state index contributed by atoms with van der Waals surface area (Å²) in [7, 11) is 0. The van der Waals surface area contributed by atoms with E-state index in [1.54, 1.807) is 0 Å². The third kappa shape index (κ3) is 3.35. The normalized spacial score (nSPS) is 12.4. The second-order valence-electron chi connectivity index (χ2n) is 6.91. The quantitative estimate of drug-likeness (QED) is 0.537. The molecule has 0 fully saturated rings. The second-order valence-corrected chi connectivity index (χ2v) is 6.91. The minimum atomic E-state index is 0.276. The van der Waals surface area contributed by atoms with Crippen LogP contribution in [0.3, 0.4) is 0 Å². The zero-order valence-corrected chi connectivity index (χ0v) is 16.1. The van der Waals surface area contributed by atoms with E-state index in [1.165, 1.54) is 0 Å². The number of anilines is 1. The van der Waals surface area contributed by atoms with E-state index in [4.69, 9.17) is 19.4 Å². The Hall–Kier alpha value is -3.61. The first-order valence-electron chi connectivity index (χ1n) is 9.74. The number of hydrogen-bond acceptors (Lipinski definition) is 6. The standard InChI is InChI=1S/C22H21N5O2/c1-2-6-20-25-21(23-12-15-9-10-18-19(11-15)29-14-28-18)17-13-24-27(22(17)26-20)16-7-4-3-5-8-16/h3-5,7-11,13H,2,6,12,14H2,1H3,(H,23,25,26). The van der Waals surface area contributed by atoms with Gasteiger partial charge in [-0.1, -0.05) is 31.2 Å². The number of rotatable bonds is 6. The van der Waals surface area contributed by atoms with Crippen molar-refractivity contribution in [3.63, 3.8) is 0 Å². The van der Waals surface area contributed by atoms with Crippen LogP contribution in [0.25, 0.3) is 16.7 Å². The Morgan fingerprint density at radius 2 is 1.90 bits per heavy atom. The molecule has 29 heavy (non-hydrogen) atoms. The molecule has 1 N–H and O–H groups in total. The van der Waals surface area contributed by atoms with Crippen molar-refractivity contribution in [2.75, 3.05) is 12.1 Å². The molecule has 4 aromatic rings. The highest BCUT2D eigenvalue weighted by Gasteiger charge is 2.16. The van der Waals surface area contributed by atoms with Crippen molar-refractivity contribution < 1.29 is 9.47 Å². The van der Waals surface area contributed by atoms with Crippen LogP contribution in [0, 0.1) is 0 Å². The van der Waals surface area contributed by atoms with Crippen molar-refractivity contribution in [2.45, 2.75) is 26.3 Å². The third-order valence-corrected chi connectivity index (χ3v) is 4.85. The van der Waals surface area contributed by atoms with Crippen LogP contribution in [-0.4, -0.2) is 26.5 Å². The largest absolute Gasteiger partial charge is 0.454 e. The van der Waals surface area contributed by atoms with Gasteiger partial charge in [-0.2, -0.15) is 5.10 Å². The van der Waals surface area contributed by atoms with Crippen LogP contribution in [-0.2, 0) is 13.0 Å². The molecule has 146 valence electrons. The monoisotopic (exact) mass is 387 g/mol. The summed E-state index contributed by atoms with van der Waals surface area (Å²) in [4.78, 5) is 9.53. The number of nitrogens with zero attached hydrogens (tertiary/aromatic N) is 4. The summed E-state index contributed by atoms with van der Waals surface area (Å²) >= 11 is 0. The maximum atomic E-state index is 5.48. The summed E-state index contributed by atoms with van der Waals surface area (Å²) in [6.07, 6.45) is 3.61. The van der Waals surface area contributed by atoms with Crippen molar-refractivity contribution >= 4 is 16.9 Å². The number of benzene rings is 2. The first-order valence-corrected chi connectivity index (χ1v) is 9.74. The molecule has 3 heterocycles. The molecule has 0 saturated carbocycles. The number of nitrogens with one attached hydrogen (secondary N) is 1. The van der Waals surface area contributed by atoms with Gasteiger partial charge < -0.3 is 14.8 Å². The lowest BCUT2D eigenvalue weighted by Crippen LogP contribution is -2.07. The number of fused-ring (bicyclic) bond motifs is 2. The van der Waals surface area contributed by atoms with Gasteiger partial charge in [-0.15, -0.1) is 0 Å². The van der Waals surface area contributed by atoms with Gasteiger partial charge in [0.1, 0.15) is 11.6 Å². The summed E-state index contributed by atoms with van der Waals surface area (Å²) < 4.78 is 12.7. The van der Waals surface area contributed by atoms with Crippen LogP contribution >= 0.6 is 0 Å². The highest BCUT2D eigenvalue weighted by molar-refractivity contribution is 5.87. The van der Waals surface area contributed by atoms with Gasteiger partial charge in [0, 0.05) is 13.0 Å². The molecular formula is C22H21N5O2. The van der Waals surface area contributed by atoms with E-state index < -0.39 is 0 Å². The predicted octanol–water partition coefficient (Wildman–Crippen LogP) is 4.11. The molecule has 0 aliphatic carbocycles. The molecule has 1 aliphatic rings. The van der Waals surface area contributed by atoms with Crippen molar-refractivity contribution in [1.29, 1.82) is 0 Å². The molecule has 5 rings (SSSR count). The number of hydrogen-bond donors (Lipinski definition) is 1. The van der Waals surface area contributed by atoms with E-state index in [1.807, 2.05) is 59.4 Å². The van der Waals surface area contributed by atoms with E-state index in [-0.39, 0.29) is 6.79 Å². The van der Waals surface area contributed by atoms with Crippen LogP contribution in [0.15, 0.2) is 54.7 Å². The third-order valence-electron chi connectivity index (χ3n) is 4.85. The van der Waals surface area contributed by atoms with Crippen LogP contribution in [0.2, 0.25) is 0 Å². The lowest BCUT2D eigenvalue weighted by molar-refractivity contribution is 0.174. The summed E-state index contributed by atoms with van der Waals surface area (Å²) in [5, 5.41) is 8.92. The van der Waals surface area contributed by atoms with Gasteiger partial charge in [0.05, 0.1) is 17.3 Å². The van der Waals surface area contributed by atoms with Crippen molar-refractivity contribution in [3.8, 4) is 17.2 Å². The molecule has 0 saturated heterocycles. The molecule has 0 spiro atoms. The highest BCUT2D eigenvalue weighted by atomic mass is 16.7. The predicted molar refractivity (Wildman–Crippen MR) is 111 cm³/mol. The first-order chi connectivity index (χ1) is 14.3. The lowest BCUT2D eigenvalue weighted by Gasteiger charge is -2.10. The van der Waals surface area contributed by atoms with Gasteiger partial charge in [0.2, 0.25) is 6.79 Å². The van der Waals surface area contributed by atoms with E-state index in [0.29, 0.717) is 6.54 Å². The molecule has 0 atom stereocenters. The van der Waals surface area contributed by atoms with E-state index in [0.717, 1.165) is 58.3 Å². The van der Waals surface area contributed by atoms with Gasteiger partial charge in [-0.3, -0.25) is 0 Å². The Balaban J connectivity index is 1.50. The zero-order chi connectivity index (χ0) is 19.6. The number of aromatic nitrogens is 4. The molecule has 0 radical (unpaired) electrons. The summed E-state index contributed by atoms with van der Waals surface area (Å²) in [6, 6.07) is 16.0. The topological polar surface area (TPSA) is 74.1 Å². The van der Waals surface area contributed by atoms with Crippen LogP contribution in [0.5, 0.6) is 11.5 Å². The van der Waals surface area contributed by atoms with Crippen molar-refractivity contribution in [2.24, 2.45) is 0 Å². The SMILES string of the molecule is CCCc1nc(NCc2ccc3c(c2)OCO3)c2cnn(-c3ccccc3)c2n1. The first kappa shape index (κ1) is 17.5. The minimum absolute atomic E-state index is 0.276. The number of para-hydroxylation sites is 1. The lowest BCUT2D eigenvalue weighted by atomic mass is 10.2. The fourth-order valence-corrected chi connectivity index (χ4v) is 3.42. The Bertz CT molecular complexity index is 1160. The molecule has 0 bridgehead atoms. The molecular weight excluding hydrogens is 366 g/mol. The molecule has 2 aromatic heterocycles. The maximum absolute atomic E-state index is 5.48. The number of aryl methyl sites for hydroxylation is 1. The maximum Gasteiger partial charge on any atom is 0.231 e. The molecule has 7 nitrogen and oxygen atoms in total. The molecule has 0 amide bonds. The van der Waals surface area contributed by atoms with Gasteiger partial charge in [0.25, 0.3) is 0 Å². The van der Waals surface area contributed by atoms with Crippen molar-refractivity contribution in [1.82, 2.24) is 19.7 Å². The van der Waals surface area contributed by atoms with Gasteiger partial charge in [-0.25, -0.2) is 14.6 Å². The van der Waals surface area contributed by atoms with Crippen LogP contribution in [0.1, 0.15) is 24.7 Å². The van der Waals surface area contributed by atoms with E-state index in [9.17, 15) is 0 Å². The van der Waals surface area contributed by atoms with Gasteiger partial charge in [-0.05, 0) is 36.2 Å². The van der Waals surface area contributed by atoms with Gasteiger partial charge >= 0.3 is 0 Å². The summed E-state index contributed by atoms with van der Waals surface area (Å²) in [5.74, 6) is 3.16. The Kier molecular flexibility index (Phi) is 4.48. The Morgan fingerprint density at radius 1 is 1.03 bits per heavy atom. The van der Waals surface area contributed by atoms with E-state index in [2.05, 4.69) is 17.3 Å². The van der Waals surface area contributed by atoms with Crippen LogP contribution < -0.4 is 14.8 Å². The summed E-state index contributed by atoms with van der Waals surface area (Å²) in [5.41, 5.74) is 2.88. The molecule has 0 unspecified atom stereocenters. The average Bonchev–Trinajstić information content (AvgIpc) is 3.39. The molecule has 7 heteroatoms. The summed E-state index contributed by atoms with van der Waals surface area (Å²) in [6.45, 7) is 3.02. The van der Waals surface area contributed by atoms with E-state index >= 15 is 0 Å². The average molecular weight is 387 g/mol. The van der Waals surface area contributed by atoms with Gasteiger partial charge in [0.15, 0.2) is 17.1 Å². The highest BCUT2D eigenvalue weighted by Crippen LogP contribution is 2.33. The fourth-order valence-electron chi connectivity index (χ4n) is 3.42. The Labute approximate surface area is 168 Å². The fraction of sp³-hybridized carbons (Fsp3) is 0.227. The second kappa shape index (κ2) is 7.43. The molecule has 2 aromatic carbocycles. The number of ether oxygens (including phenoxy) is 2. The van der Waals surface area contributed by atoms with Crippen LogP contribution in [0.4, 0.5) is 5.82 Å². The Morgan fingerprint density at radius 3 is 2.76 bits per heavy atom. The zero-order valence-electron chi connectivity index (χ0n) is 16.1. The smallest absolute Gasteiger partial charge is 0.231 e. The van der Waals surface area contributed by atoms with Crippen molar-refractivity contribution in [3.05, 3.63) is 66.1 Å². The minimum Gasteiger partial charge on any atom is -0.454 e. The molecule has 1 aliphatic heterocycles.